The third-order valence-corrected chi connectivity index (χ3v) is 1.93. The largest absolute Gasteiger partial charge is 0.488 e. The molecule has 0 fully saturated rings. The highest BCUT2D eigenvalue weighted by atomic mass is 16.4. The lowest BCUT2D eigenvalue weighted by Crippen LogP contribution is -2.33. The first-order valence-corrected chi connectivity index (χ1v) is 4.28. The summed E-state index contributed by atoms with van der Waals surface area (Å²) in [4.78, 5) is 11.0. The van der Waals surface area contributed by atoms with Gasteiger partial charge in [-0.25, -0.2) is 0 Å². The molecule has 15 heavy (non-hydrogen) atoms. The summed E-state index contributed by atoms with van der Waals surface area (Å²) in [5.41, 5.74) is 6.22. The monoisotopic (exact) mass is 211 g/mol. The molecule has 0 bridgehead atoms. The number of nitrogens with two attached hydrogens (primary N) is 1. The summed E-state index contributed by atoms with van der Waals surface area (Å²) >= 11 is 0. The van der Waals surface area contributed by atoms with E-state index in [2.05, 4.69) is 5.11 Å². The molecule has 1 atom stereocenters. The van der Waals surface area contributed by atoms with Gasteiger partial charge in [0.05, 0.1) is 1.37 Å². The maximum absolute atomic E-state index is 11.0. The van der Waals surface area contributed by atoms with Gasteiger partial charge in [0.2, 0.25) is 0 Å². The van der Waals surface area contributed by atoms with Crippen LogP contribution in [-0.2, 0) is 11.2 Å². The molecule has 1 rings (SSSR count). The van der Waals surface area contributed by atoms with Crippen molar-refractivity contribution >= 4 is 18.6 Å². The highest BCUT2D eigenvalue weighted by molar-refractivity contribution is 6.58. The van der Waals surface area contributed by atoms with Crippen molar-refractivity contribution in [2.75, 3.05) is 0 Å². The van der Waals surface area contributed by atoms with Gasteiger partial charge >= 0.3 is 13.1 Å². The molecule has 0 amide bonds. The number of hydrogen-bond acceptors (Lipinski definition) is 5. The highest BCUT2D eigenvalue weighted by Crippen LogP contribution is 2.01. The minimum atomic E-state index is -2.03. The normalized spacial score (nSPS) is 15.9. The zero-order valence-electron chi connectivity index (χ0n) is 9.88. The maximum Gasteiger partial charge on any atom is 0.488 e. The second kappa shape index (κ2) is 4.93. The Bertz CT molecular complexity index is 396. The molecule has 6 heteroatoms. The Hall–Kier alpha value is -1.37. The fourth-order valence-corrected chi connectivity index (χ4v) is 1.10. The second-order valence-electron chi connectivity index (χ2n) is 3.10. The van der Waals surface area contributed by atoms with Crippen LogP contribution in [0.3, 0.4) is 0 Å². The summed E-state index contributed by atoms with van der Waals surface area (Å²) in [6, 6.07) is 3.90. The van der Waals surface area contributed by atoms with E-state index in [-0.39, 0.29) is 6.42 Å². The molecule has 0 aromatic heterocycles. The number of benzene rings is 1. The van der Waals surface area contributed by atoms with Crippen molar-refractivity contribution in [3.05, 3.63) is 29.8 Å². The van der Waals surface area contributed by atoms with Gasteiger partial charge in [-0.15, -0.1) is 0 Å². The molecule has 0 unspecified atom stereocenters. The van der Waals surface area contributed by atoms with E-state index in [1.54, 1.807) is 0 Å². The van der Waals surface area contributed by atoms with Crippen LogP contribution in [-0.4, -0.2) is 34.3 Å². The zero-order valence-corrected chi connectivity index (χ0v) is 7.88. The summed E-state index contributed by atoms with van der Waals surface area (Å²) in [5, 5.41) is 21.4. The fourth-order valence-electron chi connectivity index (χ4n) is 1.10. The third kappa shape index (κ3) is 3.36. The molecule has 0 aliphatic rings. The fraction of sp³-hybridized carbons (Fsp3) is 0.222. The van der Waals surface area contributed by atoms with Crippen LogP contribution in [0.5, 0.6) is 0 Å². The Balaban J connectivity index is 2.79. The minimum absolute atomic E-state index is 0.132. The van der Waals surface area contributed by atoms with E-state index in [0.29, 0.717) is 11.0 Å². The van der Waals surface area contributed by atoms with Crippen LogP contribution >= 0.6 is 0 Å². The van der Waals surface area contributed by atoms with Gasteiger partial charge in [-0.2, -0.15) is 0 Å². The average molecular weight is 211 g/mol. The summed E-state index contributed by atoms with van der Waals surface area (Å²) in [6.07, 6.45) is -0.132. The molecule has 0 heterocycles. The van der Waals surface area contributed by atoms with E-state index in [1.807, 2.05) is 0 Å². The molecule has 5 N–H and O–H groups in total. The third-order valence-electron chi connectivity index (χ3n) is 1.93. The molecular formula is C9H12BNO4. The van der Waals surface area contributed by atoms with Crippen molar-refractivity contribution in [3.8, 4) is 0 Å². The van der Waals surface area contributed by atoms with Gasteiger partial charge < -0.3 is 20.9 Å². The smallest absolute Gasteiger partial charge is 0.480 e. The molecule has 0 aliphatic carbocycles. The molecule has 0 saturated heterocycles. The Morgan fingerprint density at radius 2 is 2.13 bits per heavy atom. The lowest BCUT2D eigenvalue weighted by molar-refractivity contribution is -0.138. The standard InChI is InChI=1S/C9H12BNO4/c11-8(9(12)13)5-6-1-3-7(4-2-6)10(14)15/h1-4,8,14-15H,5,11H2,(H,12,13)/t8-/m0/s1/i8D/hD. The maximum atomic E-state index is 11.0. The predicted molar refractivity (Wildman–Crippen MR) is 55.6 cm³/mol. The van der Waals surface area contributed by atoms with E-state index in [4.69, 9.17) is 18.6 Å². The van der Waals surface area contributed by atoms with Crippen molar-refractivity contribution < 1.29 is 21.3 Å². The van der Waals surface area contributed by atoms with Crippen LogP contribution in [0.15, 0.2) is 24.3 Å². The second-order valence-corrected chi connectivity index (χ2v) is 3.10. The van der Waals surface area contributed by atoms with Crippen molar-refractivity contribution in [3.63, 3.8) is 0 Å². The Kier molecular flexibility index (Phi) is 2.92. The molecular weight excluding hydrogens is 197 g/mol. The van der Waals surface area contributed by atoms with E-state index in [0.717, 1.165) is 0 Å². The van der Waals surface area contributed by atoms with Gasteiger partial charge in [-0.1, -0.05) is 24.3 Å². The first-order valence-electron chi connectivity index (χ1n) is 5.19. The van der Waals surface area contributed by atoms with Crippen molar-refractivity contribution in [1.82, 2.24) is 0 Å². The van der Waals surface area contributed by atoms with Crippen LogP contribution in [0, 0.1) is 0 Å². The van der Waals surface area contributed by atoms with E-state index >= 15 is 0 Å². The van der Waals surface area contributed by atoms with Gasteiger partial charge in [0.15, 0.2) is 0 Å². The summed E-state index contributed by atoms with van der Waals surface area (Å²) in [7, 11) is -1.57. The molecule has 0 saturated carbocycles. The molecule has 5 nitrogen and oxygen atoms in total. The van der Waals surface area contributed by atoms with Gasteiger partial charge in [0.25, 0.3) is 1.43 Å². The van der Waals surface area contributed by atoms with E-state index in [9.17, 15) is 4.79 Å². The summed E-state index contributed by atoms with van der Waals surface area (Å²) in [6.45, 7) is 0. The first-order chi connectivity index (χ1) is 7.86. The number of rotatable bonds is 4. The molecule has 0 aliphatic heterocycles. The Labute approximate surface area is 90.2 Å². The van der Waals surface area contributed by atoms with Crippen LogP contribution in [0.1, 0.15) is 6.93 Å². The number of aliphatic carboxylic acids is 1. The lowest BCUT2D eigenvalue weighted by Gasteiger charge is -2.07. The van der Waals surface area contributed by atoms with Crippen molar-refractivity contribution in [2.45, 2.75) is 12.4 Å². The topological polar surface area (TPSA) is 104 Å². The van der Waals surface area contributed by atoms with Crippen LogP contribution < -0.4 is 11.2 Å². The summed E-state index contributed by atoms with van der Waals surface area (Å²) < 4.78 is 13.9. The SMILES string of the molecule is [2H]OC(=O)[C@@]([2H])(N)Cc1ccc(B(O)O)cc1. The number of carboxylic acid groups (broad SMARTS) is 1. The minimum Gasteiger partial charge on any atom is -0.480 e. The predicted octanol–water partition coefficient (Wildman–Crippen LogP) is -1.68. The van der Waals surface area contributed by atoms with Crippen LogP contribution in [0.2, 0.25) is 0 Å². The highest BCUT2D eigenvalue weighted by Gasteiger charge is 2.13. The first kappa shape index (κ1) is 8.90. The van der Waals surface area contributed by atoms with Crippen molar-refractivity contribution in [1.29, 1.82) is 1.43 Å². The van der Waals surface area contributed by atoms with Gasteiger partial charge in [-0.3, -0.25) is 4.79 Å². The lowest BCUT2D eigenvalue weighted by atomic mass is 9.80. The molecule has 0 spiro atoms. The number of hydrogen-bond donors (Lipinski definition) is 4. The molecule has 0 radical (unpaired) electrons. The average Bonchev–Trinajstić information content (AvgIpc) is 2.28. The zero-order chi connectivity index (χ0) is 13.1. The Morgan fingerprint density at radius 3 is 2.60 bits per heavy atom. The van der Waals surface area contributed by atoms with E-state index in [1.165, 1.54) is 24.3 Å². The molecule has 1 aromatic carbocycles. The number of carbonyl (C=O) groups is 1. The quantitative estimate of drug-likeness (QED) is 0.445. The van der Waals surface area contributed by atoms with Gasteiger partial charge in [0, 0.05) is 0 Å². The van der Waals surface area contributed by atoms with Gasteiger partial charge in [-0.05, 0) is 17.4 Å². The Morgan fingerprint density at radius 1 is 1.53 bits per heavy atom. The molecule has 80 valence electrons. The van der Waals surface area contributed by atoms with Gasteiger partial charge in [0.1, 0.15) is 6.02 Å². The van der Waals surface area contributed by atoms with Crippen molar-refractivity contribution in [2.24, 2.45) is 5.73 Å². The summed E-state index contributed by atoms with van der Waals surface area (Å²) in [5.74, 6) is -1.15. The molecule has 1 aromatic rings. The van der Waals surface area contributed by atoms with Crippen LogP contribution in [0.25, 0.3) is 1.43 Å². The number of carboxylic acids is 1. The van der Waals surface area contributed by atoms with E-state index < -0.39 is 19.1 Å². The van der Waals surface area contributed by atoms with Crippen LogP contribution in [0.4, 0.5) is 0 Å².